The van der Waals surface area contributed by atoms with Crippen LogP contribution in [0.15, 0.2) is 12.4 Å². The van der Waals surface area contributed by atoms with Crippen molar-refractivity contribution >= 4 is 11.6 Å². The Morgan fingerprint density at radius 3 is 2.91 bits per heavy atom. The Morgan fingerprint density at radius 2 is 2.23 bits per heavy atom. The van der Waals surface area contributed by atoms with E-state index >= 15 is 0 Å². The van der Waals surface area contributed by atoms with E-state index in [-0.39, 0.29) is 23.6 Å². The van der Waals surface area contributed by atoms with Crippen molar-refractivity contribution < 1.29 is 9.72 Å². The van der Waals surface area contributed by atoms with E-state index in [0.717, 1.165) is 32.6 Å². The minimum Gasteiger partial charge on any atom is -0.340 e. The summed E-state index contributed by atoms with van der Waals surface area (Å²) in [7, 11) is 2.13. The lowest BCUT2D eigenvalue weighted by molar-refractivity contribution is -0.385. The van der Waals surface area contributed by atoms with Gasteiger partial charge in [-0.2, -0.15) is 5.10 Å². The van der Waals surface area contributed by atoms with E-state index in [1.807, 2.05) is 4.90 Å². The molecule has 0 radical (unpaired) electrons. The molecule has 2 aliphatic rings. The molecule has 120 valence electrons. The van der Waals surface area contributed by atoms with E-state index < -0.39 is 4.92 Å². The molecule has 3 heterocycles. The molecule has 0 unspecified atom stereocenters. The Morgan fingerprint density at radius 1 is 1.41 bits per heavy atom. The molecule has 0 saturated carbocycles. The van der Waals surface area contributed by atoms with Crippen LogP contribution >= 0.6 is 0 Å². The number of aromatic nitrogens is 2. The zero-order valence-corrected chi connectivity index (χ0v) is 12.8. The summed E-state index contributed by atoms with van der Waals surface area (Å²) in [5, 5.41) is 14.5. The first-order chi connectivity index (χ1) is 10.5. The molecule has 2 fully saturated rings. The molecule has 2 aliphatic heterocycles. The maximum Gasteiger partial charge on any atom is 0.307 e. The maximum atomic E-state index is 12.4. The highest BCUT2D eigenvalue weighted by Gasteiger charge is 2.41. The molecule has 1 atom stereocenters. The van der Waals surface area contributed by atoms with Crippen LogP contribution in [0.25, 0.3) is 0 Å². The quantitative estimate of drug-likeness (QED) is 0.607. The van der Waals surface area contributed by atoms with Crippen LogP contribution in [0.5, 0.6) is 0 Å². The number of likely N-dealkylation sites (tertiary alicyclic amines) is 2. The van der Waals surface area contributed by atoms with Crippen LogP contribution in [0, 0.1) is 15.5 Å². The highest BCUT2D eigenvalue weighted by molar-refractivity contribution is 5.76. The molecule has 0 N–H and O–H groups in total. The first-order valence-electron chi connectivity index (χ1n) is 7.61. The second-order valence-electron chi connectivity index (χ2n) is 6.56. The molecule has 0 aromatic carbocycles. The fraction of sp³-hybridized carbons (Fsp3) is 0.714. The van der Waals surface area contributed by atoms with Crippen LogP contribution in [0.4, 0.5) is 5.69 Å². The zero-order chi connectivity index (χ0) is 15.7. The van der Waals surface area contributed by atoms with Crippen molar-refractivity contribution in [2.75, 3.05) is 33.2 Å². The van der Waals surface area contributed by atoms with Crippen LogP contribution in [0.2, 0.25) is 0 Å². The average Bonchev–Trinajstić information content (AvgIpc) is 3.06. The molecule has 0 bridgehead atoms. The number of amides is 1. The molecule has 3 rings (SSSR count). The number of carbonyl (C=O) groups excluding carboxylic acids is 1. The van der Waals surface area contributed by atoms with Gasteiger partial charge in [-0.25, -0.2) is 0 Å². The first-order valence-corrected chi connectivity index (χ1v) is 7.61. The molecule has 8 nitrogen and oxygen atoms in total. The molecule has 1 aromatic rings. The predicted molar refractivity (Wildman–Crippen MR) is 79.2 cm³/mol. The van der Waals surface area contributed by atoms with Gasteiger partial charge >= 0.3 is 5.69 Å². The van der Waals surface area contributed by atoms with Gasteiger partial charge in [0.25, 0.3) is 0 Å². The van der Waals surface area contributed by atoms with Crippen molar-refractivity contribution in [1.82, 2.24) is 19.6 Å². The second kappa shape index (κ2) is 5.68. The van der Waals surface area contributed by atoms with E-state index in [0.29, 0.717) is 0 Å². The van der Waals surface area contributed by atoms with Gasteiger partial charge < -0.3 is 9.80 Å². The molecule has 1 aromatic heterocycles. The van der Waals surface area contributed by atoms with Crippen molar-refractivity contribution in [3.63, 3.8) is 0 Å². The second-order valence-corrected chi connectivity index (χ2v) is 6.56. The Hall–Kier alpha value is -1.96. The van der Waals surface area contributed by atoms with Gasteiger partial charge in [0.1, 0.15) is 18.9 Å². The molecule has 8 heteroatoms. The molecule has 2 saturated heterocycles. The molecule has 0 aliphatic carbocycles. The van der Waals surface area contributed by atoms with E-state index in [9.17, 15) is 14.9 Å². The smallest absolute Gasteiger partial charge is 0.307 e. The van der Waals surface area contributed by atoms with Gasteiger partial charge in [0.05, 0.1) is 4.92 Å². The molecule has 1 amide bonds. The van der Waals surface area contributed by atoms with Gasteiger partial charge in [-0.3, -0.25) is 19.6 Å². The highest BCUT2D eigenvalue weighted by atomic mass is 16.6. The Balaban J connectivity index is 1.60. The van der Waals surface area contributed by atoms with Crippen LogP contribution in [-0.4, -0.2) is 63.6 Å². The first kappa shape index (κ1) is 15.0. The van der Waals surface area contributed by atoms with Crippen LogP contribution in [0.1, 0.15) is 19.3 Å². The van der Waals surface area contributed by atoms with Crippen molar-refractivity contribution in [2.24, 2.45) is 5.41 Å². The standard InChI is InChI=1S/C14H21N5O3/c1-16-5-2-3-14(10-16)4-6-17(11-14)13(20)9-18-8-12(7-15-18)19(21)22/h7-8H,2-6,9-11H2,1H3/t14-/m0/s1. The third-order valence-electron chi connectivity index (χ3n) is 4.77. The van der Waals surface area contributed by atoms with Gasteiger partial charge in [-0.1, -0.05) is 0 Å². The summed E-state index contributed by atoms with van der Waals surface area (Å²) in [6.45, 7) is 3.81. The van der Waals surface area contributed by atoms with Crippen molar-refractivity contribution in [3.05, 3.63) is 22.5 Å². The third-order valence-corrected chi connectivity index (χ3v) is 4.77. The number of carbonyl (C=O) groups is 1. The van der Waals surface area contributed by atoms with Gasteiger partial charge in [-0.15, -0.1) is 0 Å². The van der Waals surface area contributed by atoms with E-state index in [1.165, 1.54) is 29.9 Å². The number of hydrogen-bond donors (Lipinski definition) is 0. The Bertz CT molecular complexity index is 587. The number of piperidine rings is 1. The van der Waals surface area contributed by atoms with E-state index in [1.54, 1.807) is 0 Å². The normalized spacial score (nSPS) is 25.8. The van der Waals surface area contributed by atoms with Crippen LogP contribution in [0.3, 0.4) is 0 Å². The van der Waals surface area contributed by atoms with Gasteiger partial charge in [0.2, 0.25) is 5.91 Å². The lowest BCUT2D eigenvalue weighted by Gasteiger charge is -2.38. The van der Waals surface area contributed by atoms with Crippen molar-refractivity contribution in [1.29, 1.82) is 0 Å². The minimum atomic E-state index is -0.503. The largest absolute Gasteiger partial charge is 0.340 e. The SMILES string of the molecule is CN1CCC[C@]2(CCN(C(=O)Cn3cc([N+](=O)[O-])cn3)C2)C1. The minimum absolute atomic E-state index is 0.0110. The maximum absolute atomic E-state index is 12.4. The topological polar surface area (TPSA) is 84.5 Å². The zero-order valence-electron chi connectivity index (χ0n) is 12.8. The van der Waals surface area contributed by atoms with E-state index in [2.05, 4.69) is 17.0 Å². The molecular weight excluding hydrogens is 286 g/mol. The average molecular weight is 307 g/mol. The third kappa shape index (κ3) is 2.96. The fourth-order valence-corrected chi connectivity index (χ4v) is 3.71. The van der Waals surface area contributed by atoms with Gasteiger partial charge in [0, 0.05) is 25.0 Å². The highest BCUT2D eigenvalue weighted by Crippen LogP contribution is 2.38. The monoisotopic (exact) mass is 307 g/mol. The summed E-state index contributed by atoms with van der Waals surface area (Å²) >= 11 is 0. The summed E-state index contributed by atoms with van der Waals surface area (Å²) < 4.78 is 1.35. The lowest BCUT2D eigenvalue weighted by Crippen LogP contribution is -2.44. The number of rotatable bonds is 3. The number of nitro groups is 1. The molecular formula is C14H21N5O3. The van der Waals surface area contributed by atoms with Crippen molar-refractivity contribution in [2.45, 2.75) is 25.8 Å². The van der Waals surface area contributed by atoms with Crippen molar-refractivity contribution in [3.8, 4) is 0 Å². The lowest BCUT2D eigenvalue weighted by atomic mass is 9.79. The van der Waals surface area contributed by atoms with E-state index in [4.69, 9.17) is 0 Å². The Labute approximate surface area is 128 Å². The Kier molecular flexibility index (Phi) is 3.86. The fourth-order valence-electron chi connectivity index (χ4n) is 3.71. The number of nitrogens with zero attached hydrogens (tertiary/aromatic N) is 5. The van der Waals surface area contributed by atoms with Crippen LogP contribution in [-0.2, 0) is 11.3 Å². The summed E-state index contributed by atoms with van der Waals surface area (Å²) in [6, 6.07) is 0. The molecule has 22 heavy (non-hydrogen) atoms. The van der Waals surface area contributed by atoms with Gasteiger partial charge in [-0.05, 0) is 32.9 Å². The predicted octanol–water partition coefficient (Wildman–Crippen LogP) is 0.736. The molecule has 1 spiro atoms. The summed E-state index contributed by atoms with van der Waals surface area (Å²) in [5.74, 6) is -0.0110. The summed E-state index contributed by atoms with van der Waals surface area (Å²) in [6.07, 6.45) is 5.88. The summed E-state index contributed by atoms with van der Waals surface area (Å²) in [4.78, 5) is 26.7. The van der Waals surface area contributed by atoms with Gasteiger partial charge in [0.15, 0.2) is 0 Å². The van der Waals surface area contributed by atoms with Crippen LogP contribution < -0.4 is 0 Å². The summed E-state index contributed by atoms with van der Waals surface area (Å²) in [5.41, 5.74) is 0.151. The number of hydrogen-bond acceptors (Lipinski definition) is 5.